The second-order valence-corrected chi connectivity index (χ2v) is 8.49. The Hall–Kier alpha value is -2.34. The van der Waals surface area contributed by atoms with Crippen molar-refractivity contribution in [1.82, 2.24) is 19.4 Å². The molecule has 3 fully saturated rings. The van der Waals surface area contributed by atoms with Crippen molar-refractivity contribution in [2.75, 3.05) is 26.7 Å². The van der Waals surface area contributed by atoms with Gasteiger partial charge >= 0.3 is 0 Å². The van der Waals surface area contributed by atoms with Crippen LogP contribution in [0.15, 0.2) is 36.7 Å². The smallest absolute Gasteiger partial charge is 0.219 e. The first kappa shape index (κ1) is 17.7. The summed E-state index contributed by atoms with van der Waals surface area (Å²) in [5.74, 6) is 3.22. The molecule has 0 spiro atoms. The van der Waals surface area contributed by atoms with Crippen molar-refractivity contribution in [3.8, 4) is 5.75 Å². The van der Waals surface area contributed by atoms with Gasteiger partial charge < -0.3 is 14.2 Å². The molecular formula is C22H28N4O2. The van der Waals surface area contributed by atoms with Crippen LogP contribution in [0.25, 0.3) is 0 Å². The third-order valence-electron chi connectivity index (χ3n) is 6.66. The van der Waals surface area contributed by atoms with E-state index in [9.17, 15) is 4.79 Å². The standard InChI is InChI=1S/C22H28N4O2/c1-15(27)26-12-17-11-24(14-21-23-9-10-25(21)18-5-6-18)13-20(17)22(26)16-3-7-19(28-2)8-4-16/h3-4,7-10,17-18,20,22H,5-6,11-14H2,1-2H3/t17-,20-,22+/m1/s1. The highest BCUT2D eigenvalue weighted by atomic mass is 16.5. The summed E-state index contributed by atoms with van der Waals surface area (Å²) in [6.45, 7) is 5.51. The van der Waals surface area contributed by atoms with E-state index in [1.165, 1.54) is 24.2 Å². The molecule has 3 atom stereocenters. The fraction of sp³-hybridized carbons (Fsp3) is 0.545. The normalized spacial score (nSPS) is 27.2. The number of amides is 1. The molecule has 5 rings (SSSR count). The molecule has 28 heavy (non-hydrogen) atoms. The average molecular weight is 380 g/mol. The molecule has 6 heteroatoms. The molecule has 3 heterocycles. The van der Waals surface area contributed by atoms with Crippen LogP contribution in [0.5, 0.6) is 5.75 Å². The number of imidazole rings is 1. The SMILES string of the molecule is COc1ccc([C@H]2[C@@H]3CN(Cc4nccn4C4CC4)C[C@@H]3CN2C(C)=O)cc1. The lowest BCUT2D eigenvalue weighted by Crippen LogP contribution is -2.34. The zero-order chi connectivity index (χ0) is 19.3. The highest BCUT2D eigenvalue weighted by molar-refractivity contribution is 5.74. The highest BCUT2D eigenvalue weighted by Crippen LogP contribution is 2.45. The van der Waals surface area contributed by atoms with Gasteiger partial charge in [-0.15, -0.1) is 0 Å². The van der Waals surface area contributed by atoms with E-state index in [-0.39, 0.29) is 11.9 Å². The first-order valence-corrected chi connectivity index (χ1v) is 10.3. The number of benzene rings is 1. The number of nitrogens with zero attached hydrogens (tertiary/aromatic N) is 4. The third-order valence-corrected chi connectivity index (χ3v) is 6.66. The lowest BCUT2D eigenvalue weighted by atomic mass is 9.89. The Balaban J connectivity index is 1.35. The van der Waals surface area contributed by atoms with Gasteiger partial charge in [0.1, 0.15) is 11.6 Å². The monoisotopic (exact) mass is 380 g/mol. The number of carbonyl (C=O) groups excluding carboxylic acids is 1. The molecule has 148 valence electrons. The maximum absolute atomic E-state index is 12.3. The molecule has 2 aromatic rings. The molecule has 2 saturated heterocycles. The molecule has 3 aliphatic rings. The van der Waals surface area contributed by atoms with Crippen molar-refractivity contribution >= 4 is 5.91 Å². The van der Waals surface area contributed by atoms with Crippen LogP contribution < -0.4 is 4.74 Å². The van der Waals surface area contributed by atoms with Crippen LogP contribution in [0.4, 0.5) is 0 Å². The zero-order valence-electron chi connectivity index (χ0n) is 16.6. The van der Waals surface area contributed by atoms with Crippen LogP contribution in [0, 0.1) is 11.8 Å². The summed E-state index contributed by atoms with van der Waals surface area (Å²) in [5.41, 5.74) is 1.21. The van der Waals surface area contributed by atoms with E-state index >= 15 is 0 Å². The number of rotatable bonds is 5. The number of fused-ring (bicyclic) bond motifs is 1. The van der Waals surface area contributed by atoms with Gasteiger partial charge in [-0.25, -0.2) is 4.98 Å². The van der Waals surface area contributed by atoms with E-state index in [0.29, 0.717) is 17.9 Å². The summed E-state index contributed by atoms with van der Waals surface area (Å²) < 4.78 is 7.66. The zero-order valence-corrected chi connectivity index (χ0v) is 16.6. The Bertz CT molecular complexity index is 858. The van der Waals surface area contributed by atoms with Crippen LogP contribution in [0.1, 0.15) is 43.2 Å². The molecule has 2 aliphatic heterocycles. The van der Waals surface area contributed by atoms with Crippen LogP contribution in [-0.4, -0.2) is 52.0 Å². The summed E-state index contributed by atoms with van der Waals surface area (Å²) in [5, 5.41) is 0. The number of carbonyl (C=O) groups is 1. The molecule has 0 unspecified atom stereocenters. The highest BCUT2D eigenvalue weighted by Gasteiger charge is 2.48. The molecule has 0 radical (unpaired) electrons. The van der Waals surface area contributed by atoms with Crippen molar-refractivity contribution in [2.24, 2.45) is 11.8 Å². The number of aromatic nitrogens is 2. The van der Waals surface area contributed by atoms with Crippen molar-refractivity contribution < 1.29 is 9.53 Å². The second kappa shape index (κ2) is 6.92. The lowest BCUT2D eigenvalue weighted by Gasteiger charge is -2.29. The summed E-state index contributed by atoms with van der Waals surface area (Å²) in [7, 11) is 1.68. The minimum Gasteiger partial charge on any atom is -0.497 e. The molecule has 1 saturated carbocycles. The molecule has 1 aromatic heterocycles. The number of ether oxygens (including phenoxy) is 1. The summed E-state index contributed by atoms with van der Waals surface area (Å²) >= 11 is 0. The van der Waals surface area contributed by atoms with Gasteiger partial charge in [0.15, 0.2) is 0 Å². The van der Waals surface area contributed by atoms with Crippen molar-refractivity contribution in [2.45, 2.75) is 38.4 Å². The Morgan fingerprint density at radius 1 is 1.18 bits per heavy atom. The lowest BCUT2D eigenvalue weighted by molar-refractivity contribution is -0.130. The largest absolute Gasteiger partial charge is 0.497 e. The topological polar surface area (TPSA) is 50.6 Å². The summed E-state index contributed by atoms with van der Waals surface area (Å²) in [6.07, 6.45) is 6.62. The predicted octanol–water partition coefficient (Wildman–Crippen LogP) is 2.88. The molecule has 0 N–H and O–H groups in total. The quantitative estimate of drug-likeness (QED) is 0.800. The maximum Gasteiger partial charge on any atom is 0.219 e. The van der Waals surface area contributed by atoms with Gasteiger partial charge in [0, 0.05) is 50.9 Å². The van der Waals surface area contributed by atoms with Crippen LogP contribution in [-0.2, 0) is 11.3 Å². The van der Waals surface area contributed by atoms with Crippen molar-refractivity contribution in [3.05, 3.63) is 48.0 Å². The van der Waals surface area contributed by atoms with Gasteiger partial charge in [-0.3, -0.25) is 9.69 Å². The van der Waals surface area contributed by atoms with Crippen LogP contribution >= 0.6 is 0 Å². The Morgan fingerprint density at radius 2 is 1.96 bits per heavy atom. The molecule has 0 bridgehead atoms. The minimum absolute atomic E-state index is 0.154. The predicted molar refractivity (Wildman–Crippen MR) is 106 cm³/mol. The summed E-state index contributed by atoms with van der Waals surface area (Å²) in [6, 6.07) is 9.05. The van der Waals surface area contributed by atoms with E-state index in [1.54, 1.807) is 14.0 Å². The Kier molecular flexibility index (Phi) is 4.38. The maximum atomic E-state index is 12.3. The molecule has 1 aliphatic carbocycles. The van der Waals surface area contributed by atoms with Gasteiger partial charge in [-0.2, -0.15) is 0 Å². The van der Waals surface area contributed by atoms with Gasteiger partial charge in [-0.1, -0.05) is 12.1 Å². The number of hydrogen-bond donors (Lipinski definition) is 0. The first-order valence-electron chi connectivity index (χ1n) is 10.3. The number of methoxy groups -OCH3 is 1. The number of hydrogen-bond acceptors (Lipinski definition) is 4. The minimum atomic E-state index is 0.154. The van der Waals surface area contributed by atoms with E-state index in [0.717, 1.165) is 31.9 Å². The van der Waals surface area contributed by atoms with Gasteiger partial charge in [-0.05, 0) is 36.5 Å². The van der Waals surface area contributed by atoms with Gasteiger partial charge in [0.2, 0.25) is 5.91 Å². The molecule has 1 aromatic carbocycles. The Morgan fingerprint density at radius 3 is 2.64 bits per heavy atom. The van der Waals surface area contributed by atoms with Gasteiger partial charge in [0.25, 0.3) is 0 Å². The van der Waals surface area contributed by atoms with E-state index in [4.69, 9.17) is 4.74 Å². The second-order valence-electron chi connectivity index (χ2n) is 8.49. The van der Waals surface area contributed by atoms with Crippen molar-refractivity contribution in [1.29, 1.82) is 0 Å². The number of likely N-dealkylation sites (tertiary alicyclic amines) is 2. The van der Waals surface area contributed by atoms with Crippen molar-refractivity contribution in [3.63, 3.8) is 0 Å². The van der Waals surface area contributed by atoms with Gasteiger partial charge in [0.05, 0.1) is 19.7 Å². The average Bonchev–Trinajstić information content (AvgIpc) is 3.14. The molecular weight excluding hydrogens is 352 g/mol. The fourth-order valence-electron chi connectivity index (χ4n) is 5.17. The van der Waals surface area contributed by atoms with E-state index < -0.39 is 0 Å². The van der Waals surface area contributed by atoms with E-state index in [1.807, 2.05) is 18.3 Å². The van der Waals surface area contributed by atoms with Crippen LogP contribution in [0.2, 0.25) is 0 Å². The Labute approximate surface area is 166 Å². The third kappa shape index (κ3) is 3.09. The first-order chi connectivity index (χ1) is 13.6. The fourth-order valence-corrected chi connectivity index (χ4v) is 5.17. The molecule has 1 amide bonds. The molecule has 6 nitrogen and oxygen atoms in total. The van der Waals surface area contributed by atoms with Crippen LogP contribution in [0.3, 0.4) is 0 Å². The summed E-state index contributed by atoms with van der Waals surface area (Å²) in [4.78, 5) is 21.5. The van der Waals surface area contributed by atoms with E-state index in [2.05, 4.69) is 37.7 Å².